The second-order valence-electron chi connectivity index (χ2n) is 5.30. The molecule has 1 heterocycles. The van der Waals surface area contributed by atoms with Crippen LogP contribution in [0.4, 0.5) is 0 Å². The number of aryl methyl sites for hydroxylation is 1. The van der Waals surface area contributed by atoms with E-state index in [4.69, 9.17) is 9.47 Å². The summed E-state index contributed by atoms with van der Waals surface area (Å²) in [6.07, 6.45) is -0.518. The molecular weight excluding hydrogens is 278 g/mol. The highest BCUT2D eigenvalue weighted by atomic mass is 32.2. The molecule has 0 N–H and O–H groups in total. The molecular formula is C14H21NO4S. The molecule has 1 aliphatic heterocycles. The molecule has 0 radical (unpaired) electrons. The average Bonchev–Trinajstić information content (AvgIpc) is 2.66. The zero-order chi connectivity index (χ0) is 15.0. The van der Waals surface area contributed by atoms with Gasteiger partial charge in [0.05, 0.1) is 11.4 Å². The van der Waals surface area contributed by atoms with E-state index in [2.05, 4.69) is 0 Å². The molecule has 1 saturated heterocycles. The Morgan fingerprint density at radius 1 is 1.35 bits per heavy atom. The predicted octanol–water partition coefficient (Wildman–Crippen LogP) is 2.11. The summed E-state index contributed by atoms with van der Waals surface area (Å²) in [4.78, 5) is 0.275. The van der Waals surface area contributed by atoms with Crippen molar-refractivity contribution in [3.63, 3.8) is 0 Å². The third kappa shape index (κ3) is 2.88. The molecule has 0 bridgehead atoms. The van der Waals surface area contributed by atoms with Crippen LogP contribution in [0.3, 0.4) is 0 Å². The van der Waals surface area contributed by atoms with Crippen LogP contribution in [-0.2, 0) is 19.5 Å². The number of hydrogen-bond acceptors (Lipinski definition) is 4. The van der Waals surface area contributed by atoms with Crippen molar-refractivity contribution in [2.75, 3.05) is 13.2 Å². The average molecular weight is 299 g/mol. The number of benzene rings is 1. The number of ether oxygens (including phenoxy) is 2. The van der Waals surface area contributed by atoms with E-state index in [9.17, 15) is 8.42 Å². The molecule has 20 heavy (non-hydrogen) atoms. The molecule has 6 heteroatoms. The molecule has 1 fully saturated rings. The van der Waals surface area contributed by atoms with Gasteiger partial charge in [-0.25, -0.2) is 8.42 Å². The third-order valence-electron chi connectivity index (χ3n) is 3.30. The van der Waals surface area contributed by atoms with E-state index in [1.807, 2.05) is 13.8 Å². The zero-order valence-electron chi connectivity index (χ0n) is 12.3. The Kier molecular flexibility index (Phi) is 4.20. The van der Waals surface area contributed by atoms with Crippen LogP contribution < -0.4 is 0 Å². The van der Waals surface area contributed by atoms with Gasteiger partial charge in [0.1, 0.15) is 5.72 Å². The van der Waals surface area contributed by atoms with Gasteiger partial charge in [-0.05, 0) is 39.8 Å². The lowest BCUT2D eigenvalue weighted by Crippen LogP contribution is -2.43. The van der Waals surface area contributed by atoms with Gasteiger partial charge in [-0.3, -0.25) is 0 Å². The lowest BCUT2D eigenvalue weighted by Gasteiger charge is -2.28. The largest absolute Gasteiger partial charge is 0.351 e. The van der Waals surface area contributed by atoms with Crippen LogP contribution in [0.25, 0.3) is 0 Å². The van der Waals surface area contributed by atoms with Gasteiger partial charge in [0.15, 0.2) is 6.29 Å². The standard InChI is InChI=1S/C14H21NO4S/c1-5-18-13-10-15(14(3,4)19-13)20(16,17)12-8-6-11(2)7-9-12/h6-9,13H,5,10H2,1-4H3. The van der Waals surface area contributed by atoms with Gasteiger partial charge in [0.25, 0.3) is 0 Å². The van der Waals surface area contributed by atoms with Crippen molar-refractivity contribution in [2.45, 2.75) is 44.6 Å². The maximum Gasteiger partial charge on any atom is 0.245 e. The minimum absolute atomic E-state index is 0.205. The van der Waals surface area contributed by atoms with Crippen LogP contribution in [0.5, 0.6) is 0 Å². The minimum Gasteiger partial charge on any atom is -0.351 e. The molecule has 5 nitrogen and oxygen atoms in total. The first-order valence-electron chi connectivity index (χ1n) is 6.66. The molecule has 1 aromatic carbocycles. The highest BCUT2D eigenvalue weighted by Gasteiger charge is 2.47. The Balaban J connectivity index is 2.31. The molecule has 2 rings (SSSR count). The highest BCUT2D eigenvalue weighted by molar-refractivity contribution is 7.89. The van der Waals surface area contributed by atoms with Crippen LogP contribution >= 0.6 is 0 Å². The molecule has 1 unspecified atom stereocenters. The number of hydrogen-bond donors (Lipinski definition) is 0. The second-order valence-corrected chi connectivity index (χ2v) is 7.16. The third-order valence-corrected chi connectivity index (χ3v) is 5.33. The van der Waals surface area contributed by atoms with Crippen molar-refractivity contribution in [3.05, 3.63) is 29.8 Å². The normalized spacial score (nSPS) is 23.1. The smallest absolute Gasteiger partial charge is 0.245 e. The van der Waals surface area contributed by atoms with Crippen LogP contribution in [0.1, 0.15) is 26.3 Å². The summed E-state index contributed by atoms with van der Waals surface area (Å²) in [7, 11) is -3.59. The summed E-state index contributed by atoms with van der Waals surface area (Å²) in [5.41, 5.74) is 0.108. The van der Waals surface area contributed by atoms with Gasteiger partial charge in [0.2, 0.25) is 10.0 Å². The van der Waals surface area contributed by atoms with E-state index in [0.29, 0.717) is 6.61 Å². The first-order chi connectivity index (χ1) is 9.27. The van der Waals surface area contributed by atoms with E-state index in [-0.39, 0.29) is 11.4 Å². The molecule has 0 aromatic heterocycles. The summed E-state index contributed by atoms with van der Waals surface area (Å²) in [6, 6.07) is 6.82. The van der Waals surface area contributed by atoms with E-state index < -0.39 is 22.0 Å². The van der Waals surface area contributed by atoms with E-state index >= 15 is 0 Å². The van der Waals surface area contributed by atoms with Crippen molar-refractivity contribution in [1.82, 2.24) is 4.31 Å². The topological polar surface area (TPSA) is 55.8 Å². The summed E-state index contributed by atoms with van der Waals surface area (Å²) in [5, 5.41) is 0. The Hall–Kier alpha value is -0.950. The summed E-state index contributed by atoms with van der Waals surface area (Å²) < 4.78 is 37.8. The van der Waals surface area contributed by atoms with E-state index in [0.717, 1.165) is 5.56 Å². The molecule has 112 valence electrons. The van der Waals surface area contributed by atoms with Crippen LogP contribution in [0.15, 0.2) is 29.2 Å². The van der Waals surface area contributed by atoms with Crippen LogP contribution in [-0.4, -0.2) is 37.9 Å². The molecule has 0 aliphatic carbocycles. The predicted molar refractivity (Wildman–Crippen MR) is 75.6 cm³/mol. The van der Waals surface area contributed by atoms with Crippen molar-refractivity contribution in [3.8, 4) is 0 Å². The molecule has 1 aromatic rings. The van der Waals surface area contributed by atoms with E-state index in [1.165, 1.54) is 4.31 Å². The van der Waals surface area contributed by atoms with Gasteiger partial charge in [0, 0.05) is 6.61 Å². The zero-order valence-corrected chi connectivity index (χ0v) is 13.1. The lowest BCUT2D eigenvalue weighted by molar-refractivity contribution is -0.159. The Morgan fingerprint density at radius 3 is 2.50 bits per heavy atom. The van der Waals surface area contributed by atoms with Gasteiger partial charge < -0.3 is 9.47 Å². The van der Waals surface area contributed by atoms with Crippen molar-refractivity contribution < 1.29 is 17.9 Å². The fourth-order valence-corrected chi connectivity index (χ4v) is 3.94. The van der Waals surface area contributed by atoms with Crippen molar-refractivity contribution in [2.24, 2.45) is 0 Å². The summed E-state index contributed by atoms with van der Waals surface area (Å²) in [6.45, 7) is 7.93. The molecule has 1 atom stereocenters. The minimum atomic E-state index is -3.59. The Morgan fingerprint density at radius 2 is 1.95 bits per heavy atom. The Bertz CT molecular complexity index is 565. The first kappa shape index (κ1) is 15.4. The number of sulfonamides is 1. The SMILES string of the molecule is CCOC1CN(S(=O)(=O)c2ccc(C)cc2)C(C)(C)O1. The molecule has 0 saturated carbocycles. The number of rotatable bonds is 4. The van der Waals surface area contributed by atoms with Gasteiger partial charge in [-0.2, -0.15) is 4.31 Å². The molecule has 0 amide bonds. The fraction of sp³-hybridized carbons (Fsp3) is 0.571. The fourth-order valence-electron chi connectivity index (χ4n) is 2.27. The van der Waals surface area contributed by atoms with Gasteiger partial charge >= 0.3 is 0 Å². The first-order valence-corrected chi connectivity index (χ1v) is 8.10. The second kappa shape index (κ2) is 5.44. The van der Waals surface area contributed by atoms with Gasteiger partial charge in [-0.1, -0.05) is 17.7 Å². The molecule has 1 aliphatic rings. The lowest BCUT2D eigenvalue weighted by atomic mass is 10.2. The van der Waals surface area contributed by atoms with E-state index in [1.54, 1.807) is 38.1 Å². The van der Waals surface area contributed by atoms with Crippen molar-refractivity contribution >= 4 is 10.0 Å². The Labute approximate surface area is 120 Å². The summed E-state index contributed by atoms with van der Waals surface area (Å²) >= 11 is 0. The maximum absolute atomic E-state index is 12.7. The quantitative estimate of drug-likeness (QED) is 0.854. The maximum atomic E-state index is 12.7. The number of nitrogens with zero attached hydrogens (tertiary/aromatic N) is 1. The van der Waals surface area contributed by atoms with Crippen LogP contribution in [0, 0.1) is 6.92 Å². The van der Waals surface area contributed by atoms with Crippen molar-refractivity contribution in [1.29, 1.82) is 0 Å². The van der Waals surface area contributed by atoms with Gasteiger partial charge in [-0.15, -0.1) is 0 Å². The molecule has 0 spiro atoms. The monoisotopic (exact) mass is 299 g/mol. The highest BCUT2D eigenvalue weighted by Crippen LogP contribution is 2.33. The summed E-state index contributed by atoms with van der Waals surface area (Å²) in [5.74, 6) is 0. The van der Waals surface area contributed by atoms with Crippen LogP contribution in [0.2, 0.25) is 0 Å².